The number of hydrogen-bond acceptors (Lipinski definition) is 5. The molecule has 3 heterocycles. The van der Waals surface area contributed by atoms with E-state index in [2.05, 4.69) is 15.4 Å². The zero-order valence-electron chi connectivity index (χ0n) is 17.1. The molecule has 170 valence electrons. The SMILES string of the molecule is O=C(CC1CCCCC1)c1csc(C2CCNC(n3nc(C(F)F)cc3C(F)F)C2)n1. The minimum Gasteiger partial charge on any atom is -0.296 e. The average Bonchev–Trinajstić information content (AvgIpc) is 3.43. The smallest absolute Gasteiger partial charge is 0.282 e. The van der Waals surface area contributed by atoms with Crippen LogP contribution in [0.25, 0.3) is 0 Å². The van der Waals surface area contributed by atoms with Crippen molar-refractivity contribution in [1.82, 2.24) is 20.1 Å². The van der Waals surface area contributed by atoms with E-state index in [9.17, 15) is 22.4 Å². The highest BCUT2D eigenvalue weighted by atomic mass is 32.1. The van der Waals surface area contributed by atoms with Crippen molar-refractivity contribution in [2.24, 2.45) is 5.92 Å². The van der Waals surface area contributed by atoms with Gasteiger partial charge in [0.15, 0.2) is 5.78 Å². The molecule has 4 rings (SSSR count). The minimum atomic E-state index is -2.91. The zero-order chi connectivity index (χ0) is 22.0. The molecule has 1 N–H and O–H groups in total. The van der Waals surface area contributed by atoms with Crippen molar-refractivity contribution in [2.75, 3.05) is 6.54 Å². The first kappa shape index (κ1) is 22.4. The molecule has 0 aromatic carbocycles. The quantitative estimate of drug-likeness (QED) is 0.406. The van der Waals surface area contributed by atoms with Crippen LogP contribution < -0.4 is 5.32 Å². The molecule has 2 aliphatic rings. The van der Waals surface area contributed by atoms with Gasteiger partial charge in [-0.05, 0) is 31.4 Å². The lowest BCUT2D eigenvalue weighted by atomic mass is 9.85. The first-order valence-corrected chi connectivity index (χ1v) is 11.7. The first-order chi connectivity index (χ1) is 14.9. The Hall–Kier alpha value is -1.81. The Labute approximate surface area is 182 Å². The van der Waals surface area contributed by atoms with Crippen molar-refractivity contribution >= 4 is 17.1 Å². The van der Waals surface area contributed by atoms with Crippen LogP contribution in [0.1, 0.15) is 103 Å². The molecule has 2 atom stereocenters. The normalized spacial score (nSPS) is 23.0. The highest BCUT2D eigenvalue weighted by Gasteiger charge is 2.31. The monoisotopic (exact) mass is 458 g/mol. The summed E-state index contributed by atoms with van der Waals surface area (Å²) >= 11 is 1.41. The summed E-state index contributed by atoms with van der Waals surface area (Å²) in [6.45, 7) is 0.521. The average molecular weight is 459 g/mol. The molecule has 31 heavy (non-hydrogen) atoms. The Bertz CT molecular complexity index is 894. The molecule has 10 heteroatoms. The molecule has 5 nitrogen and oxygen atoms in total. The molecule has 2 fully saturated rings. The van der Waals surface area contributed by atoms with Gasteiger partial charge in [0.05, 0.1) is 5.01 Å². The van der Waals surface area contributed by atoms with Crippen LogP contribution in [0.5, 0.6) is 0 Å². The van der Waals surface area contributed by atoms with Gasteiger partial charge in [0.25, 0.3) is 12.9 Å². The lowest BCUT2D eigenvalue weighted by molar-refractivity contribution is 0.0945. The van der Waals surface area contributed by atoms with E-state index in [0.29, 0.717) is 31.0 Å². The van der Waals surface area contributed by atoms with E-state index in [1.807, 2.05) is 0 Å². The molecular weight excluding hydrogens is 432 g/mol. The molecule has 0 spiro atoms. The second kappa shape index (κ2) is 9.77. The van der Waals surface area contributed by atoms with Gasteiger partial charge in [-0.25, -0.2) is 27.2 Å². The topological polar surface area (TPSA) is 59.8 Å². The van der Waals surface area contributed by atoms with Gasteiger partial charge in [-0.1, -0.05) is 32.1 Å². The summed E-state index contributed by atoms with van der Waals surface area (Å²) in [6.07, 6.45) is 1.01. The number of carbonyl (C=O) groups is 1. The lowest BCUT2D eigenvalue weighted by Crippen LogP contribution is -2.36. The van der Waals surface area contributed by atoms with Gasteiger partial charge in [-0.2, -0.15) is 5.10 Å². The summed E-state index contributed by atoms with van der Waals surface area (Å²) < 4.78 is 53.7. The number of Topliss-reactive ketones (excluding diaryl/α,β-unsaturated/α-hetero) is 1. The van der Waals surface area contributed by atoms with Gasteiger partial charge in [0, 0.05) is 17.7 Å². The van der Waals surface area contributed by atoms with Crippen LogP contribution in [0, 0.1) is 5.92 Å². The first-order valence-electron chi connectivity index (χ1n) is 10.8. The van der Waals surface area contributed by atoms with Crippen LogP contribution in [0.3, 0.4) is 0 Å². The van der Waals surface area contributed by atoms with Gasteiger partial charge in [-0.15, -0.1) is 11.3 Å². The lowest BCUT2D eigenvalue weighted by Gasteiger charge is -2.30. The van der Waals surface area contributed by atoms with Gasteiger partial charge in [0.2, 0.25) is 0 Å². The second-order valence-electron chi connectivity index (χ2n) is 8.43. The number of nitrogens with zero attached hydrogens (tertiary/aromatic N) is 3. The van der Waals surface area contributed by atoms with Crippen LogP contribution in [0.2, 0.25) is 0 Å². The van der Waals surface area contributed by atoms with E-state index in [0.717, 1.165) is 35.0 Å². The molecule has 2 aromatic rings. The standard InChI is InChI=1S/C21H26F4N4OS/c22-19(23)14-10-16(20(24)25)29(28-14)18-9-13(6-7-26-18)21-27-15(11-31-21)17(30)8-12-4-2-1-3-5-12/h10-13,18-20,26H,1-9H2. The highest BCUT2D eigenvalue weighted by Crippen LogP contribution is 2.36. The fraction of sp³-hybridized carbons (Fsp3) is 0.667. The van der Waals surface area contributed by atoms with Gasteiger partial charge in [-0.3, -0.25) is 10.1 Å². The third kappa shape index (κ3) is 5.16. The summed E-state index contributed by atoms with van der Waals surface area (Å²) in [5, 5.41) is 9.41. The molecule has 1 aliphatic carbocycles. The van der Waals surface area contributed by atoms with Crippen molar-refractivity contribution < 1.29 is 22.4 Å². The number of rotatable bonds is 7. The number of nitrogens with one attached hydrogen (secondary N) is 1. The number of ketones is 1. The summed E-state index contributed by atoms with van der Waals surface area (Å²) in [6, 6.07) is 0.770. The number of alkyl halides is 4. The zero-order valence-corrected chi connectivity index (χ0v) is 17.9. The number of carbonyl (C=O) groups excluding carboxylic acids is 1. The summed E-state index contributed by atoms with van der Waals surface area (Å²) in [7, 11) is 0. The molecule has 2 unspecified atom stereocenters. The second-order valence-corrected chi connectivity index (χ2v) is 9.32. The van der Waals surface area contributed by atoms with Gasteiger partial charge >= 0.3 is 0 Å². The summed E-state index contributed by atoms with van der Waals surface area (Å²) in [4.78, 5) is 17.2. The predicted molar refractivity (Wildman–Crippen MR) is 109 cm³/mol. The summed E-state index contributed by atoms with van der Waals surface area (Å²) in [5.74, 6) is 0.456. The van der Waals surface area contributed by atoms with Crippen LogP contribution in [-0.2, 0) is 0 Å². The molecular formula is C21H26F4N4OS. The molecule has 0 bridgehead atoms. The Morgan fingerprint density at radius 3 is 2.65 bits per heavy atom. The Morgan fingerprint density at radius 1 is 1.16 bits per heavy atom. The Morgan fingerprint density at radius 2 is 1.94 bits per heavy atom. The number of aromatic nitrogens is 3. The van der Waals surface area contributed by atoms with Crippen molar-refractivity contribution in [3.63, 3.8) is 0 Å². The van der Waals surface area contributed by atoms with Crippen LogP contribution >= 0.6 is 11.3 Å². The number of halogens is 4. The van der Waals surface area contributed by atoms with Crippen molar-refractivity contribution in [1.29, 1.82) is 0 Å². The van der Waals surface area contributed by atoms with Gasteiger partial charge < -0.3 is 0 Å². The van der Waals surface area contributed by atoms with Crippen LogP contribution in [0.4, 0.5) is 17.6 Å². The molecule has 0 amide bonds. The van der Waals surface area contributed by atoms with E-state index >= 15 is 0 Å². The highest BCUT2D eigenvalue weighted by molar-refractivity contribution is 7.09. The van der Waals surface area contributed by atoms with E-state index in [4.69, 9.17) is 0 Å². The molecule has 1 saturated carbocycles. The number of thiazole rings is 1. The third-order valence-electron chi connectivity index (χ3n) is 6.26. The van der Waals surface area contributed by atoms with Crippen molar-refractivity contribution in [3.8, 4) is 0 Å². The molecule has 1 saturated heterocycles. The fourth-order valence-electron chi connectivity index (χ4n) is 4.61. The maximum Gasteiger partial charge on any atom is 0.282 e. The van der Waals surface area contributed by atoms with E-state index in [1.165, 1.54) is 30.6 Å². The molecule has 1 aliphatic heterocycles. The molecule has 0 radical (unpaired) electrons. The maximum atomic E-state index is 13.4. The van der Waals surface area contributed by atoms with Crippen LogP contribution in [-0.4, -0.2) is 27.1 Å². The summed E-state index contributed by atoms with van der Waals surface area (Å²) in [5.41, 5.74) is -0.687. The Kier molecular flexibility index (Phi) is 7.05. The van der Waals surface area contributed by atoms with E-state index in [-0.39, 0.29) is 11.7 Å². The molecule has 2 aromatic heterocycles. The number of hydrogen-bond donors (Lipinski definition) is 1. The third-order valence-corrected chi connectivity index (χ3v) is 7.27. The van der Waals surface area contributed by atoms with Crippen LogP contribution in [0.15, 0.2) is 11.4 Å². The van der Waals surface area contributed by atoms with Crippen molar-refractivity contribution in [3.05, 3.63) is 33.5 Å². The Balaban J connectivity index is 1.45. The van der Waals surface area contributed by atoms with E-state index in [1.54, 1.807) is 5.38 Å². The minimum absolute atomic E-state index is 0.0443. The van der Waals surface area contributed by atoms with Gasteiger partial charge in [0.1, 0.15) is 23.2 Å². The van der Waals surface area contributed by atoms with Crippen molar-refractivity contribution in [2.45, 2.75) is 76.3 Å². The predicted octanol–water partition coefficient (Wildman–Crippen LogP) is 6.03. The number of piperidine rings is 1. The largest absolute Gasteiger partial charge is 0.296 e. The fourth-order valence-corrected chi connectivity index (χ4v) is 5.59. The maximum absolute atomic E-state index is 13.4. The van der Waals surface area contributed by atoms with E-state index < -0.39 is 30.4 Å².